The zero-order chi connectivity index (χ0) is 24.4. The monoisotopic (exact) mass is 498 g/mol. The Morgan fingerprint density at radius 2 is 1.54 bits per heavy atom. The van der Waals surface area contributed by atoms with Gasteiger partial charge in [0, 0.05) is 17.8 Å². The van der Waals surface area contributed by atoms with Crippen molar-refractivity contribution < 1.29 is 36.9 Å². The van der Waals surface area contributed by atoms with Gasteiger partial charge in [-0.3, -0.25) is 9.10 Å². The predicted molar refractivity (Wildman–Crippen MR) is 126 cm³/mol. The maximum Gasteiger partial charge on any atom is 0.264 e. The molecule has 0 radical (unpaired) electrons. The van der Waals surface area contributed by atoms with Gasteiger partial charge in [0.1, 0.15) is 25.5 Å². The van der Waals surface area contributed by atoms with Crippen molar-refractivity contribution in [2.45, 2.75) is 4.90 Å². The van der Waals surface area contributed by atoms with E-state index in [1.165, 1.54) is 19.2 Å². The Kier molecular flexibility index (Phi) is 6.00. The van der Waals surface area contributed by atoms with Crippen LogP contribution in [0.4, 0.5) is 11.4 Å². The van der Waals surface area contributed by atoms with Gasteiger partial charge in [0.25, 0.3) is 10.0 Å². The van der Waals surface area contributed by atoms with Gasteiger partial charge in [0.2, 0.25) is 12.7 Å². The van der Waals surface area contributed by atoms with Gasteiger partial charge in [0.05, 0.1) is 17.7 Å². The van der Waals surface area contributed by atoms with Crippen molar-refractivity contribution in [1.82, 2.24) is 0 Å². The van der Waals surface area contributed by atoms with Crippen LogP contribution in [-0.2, 0) is 14.8 Å². The second-order valence-corrected chi connectivity index (χ2v) is 9.49. The fourth-order valence-corrected chi connectivity index (χ4v) is 5.12. The summed E-state index contributed by atoms with van der Waals surface area (Å²) in [5.74, 6) is 1.88. The summed E-state index contributed by atoms with van der Waals surface area (Å²) in [6.45, 7) is 0.330. The standard InChI is InChI=1S/C24H22N2O8S/c1-30-18-5-3-17(4-6-18)26(14-24(27)25-16-2-8-21-22(12-16)34-15-33-21)35(28,29)19-7-9-20-23(13-19)32-11-10-31-20/h2-9,12-13H,10-11,14-15H2,1H3,(H,25,27). The molecule has 0 aliphatic carbocycles. The first kappa shape index (κ1) is 22.7. The molecule has 182 valence electrons. The number of hydrogen-bond donors (Lipinski definition) is 1. The number of amides is 1. The normalized spacial score (nSPS) is 13.7. The van der Waals surface area contributed by atoms with E-state index < -0.39 is 22.5 Å². The van der Waals surface area contributed by atoms with Crippen molar-refractivity contribution in [3.8, 4) is 28.7 Å². The molecule has 1 amide bonds. The largest absolute Gasteiger partial charge is 0.497 e. The first-order valence-electron chi connectivity index (χ1n) is 10.7. The number of fused-ring (bicyclic) bond motifs is 2. The molecule has 3 aromatic carbocycles. The number of benzene rings is 3. The van der Waals surface area contributed by atoms with Crippen LogP contribution in [0.15, 0.2) is 65.6 Å². The van der Waals surface area contributed by atoms with E-state index in [2.05, 4.69) is 5.32 Å². The first-order valence-corrected chi connectivity index (χ1v) is 12.1. The minimum absolute atomic E-state index is 0.0338. The van der Waals surface area contributed by atoms with Crippen LogP contribution in [0.5, 0.6) is 28.7 Å². The minimum atomic E-state index is -4.15. The summed E-state index contributed by atoms with van der Waals surface area (Å²) in [4.78, 5) is 12.9. The van der Waals surface area contributed by atoms with E-state index in [0.717, 1.165) is 4.31 Å². The molecule has 0 saturated heterocycles. The van der Waals surface area contributed by atoms with Gasteiger partial charge in [-0.15, -0.1) is 0 Å². The Morgan fingerprint density at radius 1 is 0.886 bits per heavy atom. The lowest BCUT2D eigenvalue weighted by molar-refractivity contribution is -0.114. The van der Waals surface area contributed by atoms with E-state index >= 15 is 0 Å². The fraction of sp³-hybridized carbons (Fsp3) is 0.208. The number of anilines is 2. The van der Waals surface area contributed by atoms with Crippen molar-refractivity contribution in [2.24, 2.45) is 0 Å². The molecular formula is C24H22N2O8S. The van der Waals surface area contributed by atoms with Crippen molar-refractivity contribution in [3.05, 3.63) is 60.7 Å². The molecule has 0 atom stereocenters. The maximum atomic E-state index is 13.7. The van der Waals surface area contributed by atoms with Crippen molar-refractivity contribution in [2.75, 3.05) is 43.3 Å². The van der Waals surface area contributed by atoms with Crippen LogP contribution in [-0.4, -0.2) is 48.0 Å². The summed E-state index contributed by atoms with van der Waals surface area (Å²) in [6, 6.07) is 15.7. The van der Waals surface area contributed by atoms with Crippen LogP contribution < -0.4 is 33.3 Å². The molecule has 2 aliphatic heterocycles. The number of carbonyl (C=O) groups is 1. The SMILES string of the molecule is COc1ccc(N(CC(=O)Nc2ccc3c(c2)OCO3)S(=O)(=O)c2ccc3c(c2)OCCO3)cc1. The molecular weight excluding hydrogens is 476 g/mol. The van der Waals surface area contributed by atoms with E-state index in [1.807, 2.05) is 0 Å². The molecule has 0 unspecified atom stereocenters. The first-order chi connectivity index (χ1) is 16.9. The van der Waals surface area contributed by atoms with Gasteiger partial charge in [-0.1, -0.05) is 0 Å². The van der Waals surface area contributed by atoms with Gasteiger partial charge >= 0.3 is 0 Å². The minimum Gasteiger partial charge on any atom is -0.497 e. The van der Waals surface area contributed by atoms with Gasteiger partial charge in [-0.2, -0.15) is 0 Å². The molecule has 1 N–H and O–H groups in total. The predicted octanol–water partition coefficient (Wildman–Crippen LogP) is 3.03. The van der Waals surface area contributed by atoms with Crippen LogP contribution in [0.25, 0.3) is 0 Å². The Labute approximate surface area is 202 Å². The smallest absolute Gasteiger partial charge is 0.264 e. The zero-order valence-electron chi connectivity index (χ0n) is 18.7. The van der Waals surface area contributed by atoms with Crippen molar-refractivity contribution in [3.63, 3.8) is 0 Å². The van der Waals surface area contributed by atoms with Crippen molar-refractivity contribution >= 4 is 27.3 Å². The van der Waals surface area contributed by atoms with Crippen LogP contribution in [0.2, 0.25) is 0 Å². The van der Waals surface area contributed by atoms with E-state index in [0.29, 0.717) is 53.3 Å². The number of hydrogen-bond acceptors (Lipinski definition) is 8. The topological polar surface area (TPSA) is 113 Å². The highest BCUT2D eigenvalue weighted by molar-refractivity contribution is 7.92. The van der Waals surface area contributed by atoms with Gasteiger partial charge < -0.3 is 29.0 Å². The molecule has 35 heavy (non-hydrogen) atoms. The Bertz CT molecular complexity index is 1360. The molecule has 0 saturated carbocycles. The Balaban J connectivity index is 1.45. The highest BCUT2D eigenvalue weighted by Gasteiger charge is 2.29. The van der Waals surface area contributed by atoms with E-state index in [9.17, 15) is 13.2 Å². The summed E-state index contributed by atoms with van der Waals surface area (Å²) in [5, 5.41) is 2.72. The van der Waals surface area contributed by atoms with Crippen LogP contribution in [0, 0.1) is 0 Å². The second-order valence-electron chi connectivity index (χ2n) is 7.63. The Morgan fingerprint density at radius 3 is 2.31 bits per heavy atom. The number of sulfonamides is 1. The van der Waals surface area contributed by atoms with E-state index in [4.69, 9.17) is 23.7 Å². The van der Waals surface area contributed by atoms with Crippen molar-refractivity contribution in [1.29, 1.82) is 0 Å². The number of methoxy groups -OCH3 is 1. The van der Waals surface area contributed by atoms with E-state index in [-0.39, 0.29) is 11.7 Å². The third kappa shape index (κ3) is 4.62. The lowest BCUT2D eigenvalue weighted by atomic mass is 10.2. The molecule has 0 fully saturated rings. The summed E-state index contributed by atoms with van der Waals surface area (Å²) in [5.41, 5.74) is 0.743. The van der Waals surface area contributed by atoms with Gasteiger partial charge in [0.15, 0.2) is 23.0 Å². The summed E-state index contributed by atoms with van der Waals surface area (Å²) in [7, 11) is -2.64. The lowest BCUT2D eigenvalue weighted by Crippen LogP contribution is -2.38. The molecule has 0 aromatic heterocycles. The molecule has 5 rings (SSSR count). The average molecular weight is 499 g/mol. The lowest BCUT2D eigenvalue weighted by Gasteiger charge is -2.25. The molecule has 3 aromatic rings. The second kappa shape index (κ2) is 9.26. The molecule has 2 aliphatic rings. The summed E-state index contributed by atoms with van der Waals surface area (Å²) in [6.07, 6.45) is 0. The highest BCUT2D eigenvalue weighted by atomic mass is 32.2. The van der Waals surface area contributed by atoms with Gasteiger partial charge in [-0.05, 0) is 48.5 Å². The average Bonchev–Trinajstić information content (AvgIpc) is 3.35. The van der Waals surface area contributed by atoms with Crippen LogP contribution in [0.3, 0.4) is 0 Å². The summed E-state index contributed by atoms with van der Waals surface area (Å²) >= 11 is 0. The van der Waals surface area contributed by atoms with Crippen LogP contribution in [0.1, 0.15) is 0 Å². The fourth-order valence-electron chi connectivity index (χ4n) is 3.68. The molecule has 2 heterocycles. The number of ether oxygens (including phenoxy) is 5. The third-order valence-electron chi connectivity index (χ3n) is 5.41. The number of carbonyl (C=O) groups excluding carboxylic acids is 1. The quantitative estimate of drug-likeness (QED) is 0.529. The zero-order valence-corrected chi connectivity index (χ0v) is 19.5. The number of nitrogens with zero attached hydrogens (tertiary/aromatic N) is 1. The molecule has 11 heteroatoms. The molecule has 10 nitrogen and oxygen atoms in total. The third-order valence-corrected chi connectivity index (χ3v) is 7.18. The van der Waals surface area contributed by atoms with E-state index in [1.54, 1.807) is 48.5 Å². The molecule has 0 bridgehead atoms. The molecule has 0 spiro atoms. The van der Waals surface area contributed by atoms with Gasteiger partial charge in [-0.25, -0.2) is 8.42 Å². The number of rotatable bonds is 7. The van der Waals surface area contributed by atoms with Crippen LogP contribution >= 0.6 is 0 Å². The number of nitrogens with one attached hydrogen (secondary N) is 1. The maximum absolute atomic E-state index is 13.7. The highest BCUT2D eigenvalue weighted by Crippen LogP contribution is 2.36. The summed E-state index contributed by atoms with van der Waals surface area (Å²) < 4.78 is 55.3. The Hall–Kier alpha value is -4.12.